The van der Waals surface area contributed by atoms with Gasteiger partial charge in [0.2, 0.25) is 0 Å². The van der Waals surface area contributed by atoms with Crippen molar-refractivity contribution in [2.45, 2.75) is 53.1 Å². The third-order valence-electron chi connectivity index (χ3n) is 4.28. The highest BCUT2D eigenvalue weighted by Gasteiger charge is 2.36. The summed E-state index contributed by atoms with van der Waals surface area (Å²) in [6.45, 7) is 9.32. The van der Waals surface area contributed by atoms with Crippen molar-refractivity contribution in [1.29, 1.82) is 0 Å². The maximum Gasteiger partial charge on any atom is 0.326 e. The van der Waals surface area contributed by atoms with Gasteiger partial charge < -0.3 is 10.0 Å². The fourth-order valence-electron chi connectivity index (χ4n) is 2.96. The minimum atomic E-state index is -0.924. The molecule has 0 bridgehead atoms. The second-order valence-corrected chi connectivity index (χ2v) is 6.70. The first-order valence-electron chi connectivity index (χ1n) is 7.87. The summed E-state index contributed by atoms with van der Waals surface area (Å²) in [6, 6.07) is -0.732. The number of hydrogen-bond acceptors (Lipinski definition) is 3. The minimum absolute atomic E-state index is 0.216. The molecule has 1 aliphatic rings. The van der Waals surface area contributed by atoms with Crippen LogP contribution in [-0.4, -0.2) is 44.3 Å². The summed E-state index contributed by atoms with van der Waals surface area (Å²) < 4.78 is 1.82. The van der Waals surface area contributed by atoms with Gasteiger partial charge in [0.15, 0.2) is 0 Å². The molecule has 2 unspecified atom stereocenters. The molecular formula is C16H25N3O3. The van der Waals surface area contributed by atoms with Crippen LogP contribution in [0.2, 0.25) is 0 Å². The molecule has 1 N–H and O–H groups in total. The van der Waals surface area contributed by atoms with Crippen LogP contribution in [-0.2, 0) is 11.3 Å². The predicted octanol–water partition coefficient (Wildman–Crippen LogP) is 2.17. The number of piperidine rings is 1. The van der Waals surface area contributed by atoms with Crippen LogP contribution in [0.3, 0.4) is 0 Å². The number of carboxylic acids is 1. The number of aromatic nitrogens is 2. The van der Waals surface area contributed by atoms with E-state index in [1.165, 1.54) is 4.90 Å². The Hall–Kier alpha value is -1.85. The molecule has 2 heterocycles. The van der Waals surface area contributed by atoms with Crippen molar-refractivity contribution in [3.8, 4) is 0 Å². The van der Waals surface area contributed by atoms with Crippen molar-refractivity contribution in [2.75, 3.05) is 6.54 Å². The summed E-state index contributed by atoms with van der Waals surface area (Å²) in [5, 5.41) is 13.7. The standard InChI is InChI=1S/C16H25N3O3/c1-10(2)9-19-12(4)13(8-17-19)15(20)18-6-5-11(3)7-14(18)16(21)22/h8,10-11,14H,5-7,9H2,1-4H3,(H,21,22). The number of carboxylic acid groups (broad SMARTS) is 1. The van der Waals surface area contributed by atoms with E-state index in [-0.39, 0.29) is 5.91 Å². The average molecular weight is 307 g/mol. The summed E-state index contributed by atoms with van der Waals surface area (Å²) in [5.74, 6) is -0.377. The number of likely N-dealkylation sites (tertiary alicyclic amines) is 1. The first-order chi connectivity index (χ1) is 10.3. The van der Waals surface area contributed by atoms with Crippen LogP contribution in [0.15, 0.2) is 6.20 Å². The monoisotopic (exact) mass is 307 g/mol. The second-order valence-electron chi connectivity index (χ2n) is 6.70. The highest BCUT2D eigenvalue weighted by atomic mass is 16.4. The highest BCUT2D eigenvalue weighted by Crippen LogP contribution is 2.25. The Morgan fingerprint density at radius 1 is 1.45 bits per heavy atom. The lowest BCUT2D eigenvalue weighted by Crippen LogP contribution is -2.49. The number of aliphatic carboxylic acids is 1. The molecule has 0 spiro atoms. The number of rotatable bonds is 4. The van der Waals surface area contributed by atoms with E-state index in [1.807, 2.05) is 18.5 Å². The van der Waals surface area contributed by atoms with Gasteiger partial charge in [0.25, 0.3) is 5.91 Å². The van der Waals surface area contributed by atoms with E-state index >= 15 is 0 Å². The zero-order valence-electron chi connectivity index (χ0n) is 13.7. The van der Waals surface area contributed by atoms with E-state index in [2.05, 4.69) is 18.9 Å². The molecule has 22 heavy (non-hydrogen) atoms. The number of amides is 1. The molecule has 1 fully saturated rings. The van der Waals surface area contributed by atoms with Gasteiger partial charge in [0.05, 0.1) is 11.8 Å². The molecule has 1 amide bonds. The van der Waals surface area contributed by atoms with Crippen LogP contribution in [0.25, 0.3) is 0 Å². The van der Waals surface area contributed by atoms with Crippen molar-refractivity contribution in [2.24, 2.45) is 11.8 Å². The third kappa shape index (κ3) is 3.31. The van der Waals surface area contributed by atoms with Crippen molar-refractivity contribution < 1.29 is 14.7 Å². The fraction of sp³-hybridized carbons (Fsp3) is 0.688. The summed E-state index contributed by atoms with van der Waals surface area (Å²) >= 11 is 0. The molecule has 2 rings (SSSR count). The zero-order chi connectivity index (χ0) is 16.4. The molecule has 0 aromatic carbocycles. The van der Waals surface area contributed by atoms with Gasteiger partial charge in [0.1, 0.15) is 6.04 Å². The largest absolute Gasteiger partial charge is 0.480 e. The maximum atomic E-state index is 12.8. The van der Waals surface area contributed by atoms with Gasteiger partial charge in [-0.25, -0.2) is 4.79 Å². The molecule has 0 saturated carbocycles. The van der Waals surface area contributed by atoms with E-state index in [0.717, 1.165) is 18.7 Å². The van der Waals surface area contributed by atoms with E-state index in [0.29, 0.717) is 30.4 Å². The van der Waals surface area contributed by atoms with Crippen LogP contribution >= 0.6 is 0 Å². The Bertz CT molecular complexity index is 565. The van der Waals surface area contributed by atoms with Crippen LogP contribution in [0, 0.1) is 18.8 Å². The minimum Gasteiger partial charge on any atom is -0.480 e. The van der Waals surface area contributed by atoms with Gasteiger partial charge in [-0.2, -0.15) is 5.10 Å². The van der Waals surface area contributed by atoms with Crippen LogP contribution < -0.4 is 0 Å². The van der Waals surface area contributed by atoms with Gasteiger partial charge >= 0.3 is 5.97 Å². The Morgan fingerprint density at radius 2 is 2.14 bits per heavy atom. The lowest BCUT2D eigenvalue weighted by Gasteiger charge is -2.35. The van der Waals surface area contributed by atoms with E-state index < -0.39 is 12.0 Å². The number of hydrogen-bond donors (Lipinski definition) is 1. The van der Waals surface area contributed by atoms with Gasteiger partial charge in [0, 0.05) is 18.8 Å². The van der Waals surface area contributed by atoms with Crippen molar-refractivity contribution in [3.05, 3.63) is 17.5 Å². The molecule has 1 aliphatic heterocycles. The van der Waals surface area contributed by atoms with Crippen LogP contribution in [0.1, 0.15) is 49.7 Å². The van der Waals surface area contributed by atoms with Crippen molar-refractivity contribution in [1.82, 2.24) is 14.7 Å². The number of nitrogens with zero attached hydrogens (tertiary/aromatic N) is 3. The molecule has 6 heteroatoms. The Morgan fingerprint density at radius 3 is 2.73 bits per heavy atom. The Labute approximate surface area is 131 Å². The van der Waals surface area contributed by atoms with Gasteiger partial charge in [-0.15, -0.1) is 0 Å². The molecule has 1 aromatic heterocycles. The number of carbonyl (C=O) groups excluding carboxylic acids is 1. The van der Waals surface area contributed by atoms with E-state index in [9.17, 15) is 14.7 Å². The summed E-state index contributed by atoms with van der Waals surface area (Å²) in [4.78, 5) is 25.7. The molecule has 2 atom stereocenters. The lowest BCUT2D eigenvalue weighted by atomic mass is 9.92. The topological polar surface area (TPSA) is 75.4 Å². The lowest BCUT2D eigenvalue weighted by molar-refractivity contribution is -0.144. The summed E-state index contributed by atoms with van der Waals surface area (Å²) in [6.07, 6.45) is 2.92. The predicted molar refractivity (Wildman–Crippen MR) is 82.7 cm³/mol. The van der Waals surface area contributed by atoms with Crippen LogP contribution in [0.4, 0.5) is 0 Å². The summed E-state index contributed by atoms with van der Waals surface area (Å²) in [7, 11) is 0. The quantitative estimate of drug-likeness (QED) is 0.925. The number of carbonyl (C=O) groups is 2. The van der Waals surface area contributed by atoms with Crippen LogP contribution in [0.5, 0.6) is 0 Å². The molecule has 0 radical (unpaired) electrons. The fourth-order valence-corrected chi connectivity index (χ4v) is 2.96. The Kier molecular flexibility index (Phi) is 4.88. The molecular weight excluding hydrogens is 282 g/mol. The van der Waals surface area contributed by atoms with Crippen molar-refractivity contribution in [3.63, 3.8) is 0 Å². The average Bonchev–Trinajstić information content (AvgIpc) is 2.78. The highest BCUT2D eigenvalue weighted by molar-refractivity contribution is 5.97. The smallest absolute Gasteiger partial charge is 0.326 e. The SMILES string of the molecule is Cc1c(C(=O)N2CCC(C)CC2C(=O)O)cnn1CC(C)C. The summed E-state index contributed by atoms with van der Waals surface area (Å²) in [5.41, 5.74) is 1.32. The van der Waals surface area contributed by atoms with E-state index in [4.69, 9.17) is 0 Å². The molecule has 6 nitrogen and oxygen atoms in total. The second kappa shape index (κ2) is 6.50. The maximum absolute atomic E-state index is 12.8. The normalized spacial score (nSPS) is 22.1. The molecule has 1 aromatic rings. The van der Waals surface area contributed by atoms with Crippen molar-refractivity contribution >= 4 is 11.9 Å². The van der Waals surface area contributed by atoms with Gasteiger partial charge in [-0.3, -0.25) is 9.48 Å². The molecule has 0 aliphatic carbocycles. The first kappa shape index (κ1) is 16.5. The molecule has 1 saturated heterocycles. The molecule has 122 valence electrons. The van der Waals surface area contributed by atoms with Gasteiger partial charge in [-0.1, -0.05) is 20.8 Å². The van der Waals surface area contributed by atoms with Gasteiger partial charge in [-0.05, 0) is 31.6 Å². The van der Waals surface area contributed by atoms with E-state index in [1.54, 1.807) is 6.20 Å². The first-order valence-corrected chi connectivity index (χ1v) is 7.87. The zero-order valence-corrected chi connectivity index (χ0v) is 13.7. The third-order valence-corrected chi connectivity index (χ3v) is 4.28. The Balaban J connectivity index is 2.23.